The standard InChI is InChI=1S/C31H52N2O23/c1-8-17(40)26(23(46)27(47)51-8)55-28-16(33-10(3)37)20(43)24(13(6-35)52-28)54-29-22(45)21(44)19(42)14(53-29)7-50-31(30(48)49)4-11(38)15(32-9(2)36)25(56-31)18(41)12(39)5-34/h8,11-29,34-35,38-47H,4-7H2,1-3H3,(H,32,36)(H,33,37)(H,48,49)/t8-,11-,12+,13+,14+,15+,16+,17+,18+,19-,20+,21-,22+,23-,24+,25+,26+,27+,28-,29-,31+/m0/s1. The summed E-state index contributed by atoms with van der Waals surface area (Å²) in [5.74, 6) is -6.31. The molecule has 0 bridgehead atoms. The summed E-state index contributed by atoms with van der Waals surface area (Å²) in [6.07, 6.45) is -33.8. The lowest BCUT2D eigenvalue weighted by molar-refractivity contribution is -0.369. The summed E-state index contributed by atoms with van der Waals surface area (Å²) in [5.41, 5.74) is 0. The normalized spacial score (nSPS) is 45.7. The molecule has 0 spiro atoms. The lowest BCUT2D eigenvalue weighted by atomic mass is 9.88. The molecule has 25 heteroatoms. The van der Waals surface area contributed by atoms with E-state index in [2.05, 4.69) is 10.6 Å². The van der Waals surface area contributed by atoms with Crippen LogP contribution in [0.3, 0.4) is 0 Å². The van der Waals surface area contributed by atoms with Gasteiger partial charge in [0.15, 0.2) is 18.9 Å². The Morgan fingerprint density at radius 2 is 1.34 bits per heavy atom. The molecule has 0 aliphatic carbocycles. The summed E-state index contributed by atoms with van der Waals surface area (Å²) in [5, 5.41) is 141. The number of aliphatic hydroxyl groups excluding tert-OH is 12. The SMILES string of the molecule is CC(=O)N[C@H]1[C@H](O[C@@H]2[C@H](O)[C@H](C)O[C@@H](O)[C@H]2O)O[C@H](CO)[C@@H](O[C@@H]2O[C@H](CO[C@]3(C(=O)O)C[C@H](O)[C@@H](NC(C)=O)[C@H]([C@H](O)[C@H](O)CO)O3)[C@H](O)[C@H](O)[C@H]2O)[C@@H]1O. The van der Waals surface area contributed by atoms with Crippen molar-refractivity contribution in [3.8, 4) is 0 Å². The number of hydrogen-bond donors (Lipinski definition) is 15. The van der Waals surface area contributed by atoms with E-state index in [9.17, 15) is 80.8 Å². The maximum Gasteiger partial charge on any atom is 0.364 e. The molecule has 4 saturated heterocycles. The Morgan fingerprint density at radius 3 is 1.91 bits per heavy atom. The van der Waals surface area contributed by atoms with E-state index >= 15 is 0 Å². The third kappa shape index (κ3) is 9.91. The largest absolute Gasteiger partial charge is 0.477 e. The summed E-state index contributed by atoms with van der Waals surface area (Å²) in [4.78, 5) is 36.6. The van der Waals surface area contributed by atoms with Crippen LogP contribution in [0, 0.1) is 0 Å². The molecule has 15 N–H and O–H groups in total. The highest BCUT2D eigenvalue weighted by Gasteiger charge is 2.58. The van der Waals surface area contributed by atoms with E-state index in [4.69, 9.17) is 33.2 Å². The minimum absolute atomic E-state index is 0.746. The predicted octanol–water partition coefficient (Wildman–Crippen LogP) is -9.23. The molecule has 21 atom stereocenters. The Balaban J connectivity index is 1.55. The summed E-state index contributed by atoms with van der Waals surface area (Å²) in [6, 6.07) is -3.13. The number of carbonyl (C=O) groups excluding carboxylic acids is 2. The van der Waals surface area contributed by atoms with Crippen LogP contribution in [0.1, 0.15) is 27.2 Å². The number of carboxylic acids is 1. The van der Waals surface area contributed by atoms with Gasteiger partial charge in [0, 0.05) is 20.3 Å². The van der Waals surface area contributed by atoms with Crippen molar-refractivity contribution >= 4 is 17.8 Å². The van der Waals surface area contributed by atoms with Crippen molar-refractivity contribution in [1.82, 2.24) is 10.6 Å². The van der Waals surface area contributed by atoms with E-state index in [-0.39, 0.29) is 0 Å². The average molecular weight is 821 g/mol. The molecular formula is C31H52N2O23. The van der Waals surface area contributed by atoms with Gasteiger partial charge in [-0.1, -0.05) is 0 Å². The van der Waals surface area contributed by atoms with Crippen molar-refractivity contribution < 1.29 is 114 Å². The Hall–Kier alpha value is -2.35. The molecule has 25 nitrogen and oxygen atoms in total. The van der Waals surface area contributed by atoms with Crippen LogP contribution in [-0.4, -0.2) is 232 Å². The van der Waals surface area contributed by atoms with E-state index in [0.29, 0.717) is 0 Å². The number of carbonyl (C=O) groups is 3. The molecule has 0 aromatic carbocycles. The summed E-state index contributed by atoms with van der Waals surface area (Å²) in [6.45, 7) is 0.423. The molecule has 4 rings (SSSR count). The van der Waals surface area contributed by atoms with Crippen LogP contribution >= 0.6 is 0 Å². The summed E-state index contributed by atoms with van der Waals surface area (Å²) < 4.78 is 38.8. The second kappa shape index (κ2) is 19.1. The van der Waals surface area contributed by atoms with Crippen LogP contribution < -0.4 is 10.6 Å². The highest BCUT2D eigenvalue weighted by Crippen LogP contribution is 2.36. The lowest BCUT2D eigenvalue weighted by Gasteiger charge is -2.49. The van der Waals surface area contributed by atoms with Crippen molar-refractivity contribution in [1.29, 1.82) is 0 Å². The smallest absolute Gasteiger partial charge is 0.364 e. The number of hydrogen-bond acceptors (Lipinski definition) is 22. The molecule has 4 aliphatic rings. The second-order valence-electron chi connectivity index (χ2n) is 14.1. The Morgan fingerprint density at radius 1 is 0.750 bits per heavy atom. The molecule has 2 amide bonds. The van der Waals surface area contributed by atoms with Crippen molar-refractivity contribution in [2.75, 3.05) is 19.8 Å². The predicted molar refractivity (Wildman–Crippen MR) is 173 cm³/mol. The number of nitrogens with one attached hydrogen (secondary N) is 2. The fraction of sp³-hybridized carbons (Fsp3) is 0.903. The van der Waals surface area contributed by atoms with Crippen LogP contribution in [-0.2, 0) is 47.5 Å². The van der Waals surface area contributed by atoms with E-state index in [1.807, 2.05) is 0 Å². The molecule has 4 heterocycles. The highest BCUT2D eigenvalue weighted by atomic mass is 16.8. The zero-order valence-electron chi connectivity index (χ0n) is 30.3. The van der Waals surface area contributed by atoms with Crippen LogP contribution in [0.2, 0.25) is 0 Å². The first-order chi connectivity index (χ1) is 26.2. The van der Waals surface area contributed by atoms with Gasteiger partial charge in [-0.2, -0.15) is 0 Å². The van der Waals surface area contributed by atoms with Crippen molar-refractivity contribution in [2.24, 2.45) is 0 Å². The van der Waals surface area contributed by atoms with Crippen LogP contribution in [0.25, 0.3) is 0 Å². The third-order valence-corrected chi connectivity index (χ3v) is 9.94. The van der Waals surface area contributed by atoms with Crippen molar-refractivity contribution in [3.63, 3.8) is 0 Å². The van der Waals surface area contributed by atoms with Gasteiger partial charge >= 0.3 is 5.97 Å². The van der Waals surface area contributed by atoms with Gasteiger partial charge in [0.25, 0.3) is 5.79 Å². The lowest BCUT2D eigenvalue weighted by Crippen LogP contribution is -2.69. The van der Waals surface area contributed by atoms with Crippen molar-refractivity contribution in [3.05, 3.63) is 0 Å². The number of amides is 2. The molecule has 0 radical (unpaired) electrons. The number of aliphatic carboxylic acids is 1. The number of aliphatic hydroxyl groups is 12. The molecule has 0 saturated carbocycles. The minimum Gasteiger partial charge on any atom is -0.477 e. The topological polar surface area (TPSA) is 403 Å². The van der Waals surface area contributed by atoms with Crippen LogP contribution in [0.4, 0.5) is 0 Å². The van der Waals surface area contributed by atoms with Gasteiger partial charge in [-0.15, -0.1) is 0 Å². The first-order valence-corrected chi connectivity index (χ1v) is 17.6. The van der Waals surface area contributed by atoms with Gasteiger partial charge in [0.1, 0.15) is 85.4 Å². The van der Waals surface area contributed by atoms with Gasteiger partial charge in [0.2, 0.25) is 11.8 Å². The number of rotatable bonds is 14. The van der Waals surface area contributed by atoms with Gasteiger partial charge in [0.05, 0.1) is 38.1 Å². The van der Waals surface area contributed by atoms with E-state index in [1.165, 1.54) is 6.92 Å². The molecule has 4 fully saturated rings. The van der Waals surface area contributed by atoms with Gasteiger partial charge < -0.3 is 110 Å². The van der Waals surface area contributed by atoms with E-state index < -0.39 is 172 Å². The molecule has 324 valence electrons. The maximum absolute atomic E-state index is 12.6. The van der Waals surface area contributed by atoms with Gasteiger partial charge in [-0.3, -0.25) is 9.59 Å². The Kier molecular flexibility index (Phi) is 15.8. The minimum atomic E-state index is -2.90. The summed E-state index contributed by atoms with van der Waals surface area (Å²) in [7, 11) is 0. The van der Waals surface area contributed by atoms with Gasteiger partial charge in [-0.25, -0.2) is 4.79 Å². The Bertz CT molecular complexity index is 1320. The van der Waals surface area contributed by atoms with Crippen LogP contribution in [0.5, 0.6) is 0 Å². The fourth-order valence-corrected chi connectivity index (χ4v) is 6.88. The van der Waals surface area contributed by atoms with E-state index in [0.717, 1.165) is 13.8 Å². The monoisotopic (exact) mass is 820 g/mol. The molecule has 0 aromatic heterocycles. The van der Waals surface area contributed by atoms with Crippen molar-refractivity contribution in [2.45, 2.75) is 155 Å². The summed E-state index contributed by atoms with van der Waals surface area (Å²) >= 11 is 0. The zero-order valence-corrected chi connectivity index (χ0v) is 30.3. The van der Waals surface area contributed by atoms with Crippen LogP contribution in [0.15, 0.2) is 0 Å². The fourth-order valence-electron chi connectivity index (χ4n) is 6.88. The number of carboxylic acid groups (broad SMARTS) is 1. The molecule has 56 heavy (non-hydrogen) atoms. The quantitative estimate of drug-likeness (QED) is 0.0773. The molecule has 0 aromatic rings. The first-order valence-electron chi connectivity index (χ1n) is 17.6. The first kappa shape index (κ1) is 46.3. The highest BCUT2D eigenvalue weighted by molar-refractivity contribution is 5.76. The maximum atomic E-state index is 12.6. The Labute approximate surface area is 317 Å². The molecule has 4 aliphatic heterocycles. The molecule has 0 unspecified atom stereocenters. The van der Waals surface area contributed by atoms with Gasteiger partial charge in [-0.05, 0) is 6.92 Å². The zero-order chi connectivity index (χ0) is 42.0. The van der Waals surface area contributed by atoms with E-state index in [1.54, 1.807) is 0 Å². The molecular weight excluding hydrogens is 768 g/mol. The second-order valence-corrected chi connectivity index (χ2v) is 14.1. The third-order valence-electron chi connectivity index (χ3n) is 9.94. The average Bonchev–Trinajstić information content (AvgIpc) is 3.14. The number of ether oxygens (including phenoxy) is 7.